The molecule has 118 valence electrons. The van der Waals surface area contributed by atoms with Gasteiger partial charge in [0.25, 0.3) is 5.91 Å². The van der Waals surface area contributed by atoms with Gasteiger partial charge in [-0.1, -0.05) is 42.9 Å². The maximum Gasteiger partial charge on any atom is 0.263 e. The predicted molar refractivity (Wildman–Crippen MR) is 93.2 cm³/mol. The highest BCUT2D eigenvalue weighted by molar-refractivity contribution is 7.17. The standard InChI is InChI=1S/C17H23N3OS/c1-5-9-12(2)18-16(21)15-13(3)19-17(22-15)20(4)14-10-7-6-8-11-14/h6-8,10-12H,5,9H2,1-4H3,(H,18,21)/t12-/m0/s1. The lowest BCUT2D eigenvalue weighted by atomic mass is 10.2. The highest BCUT2D eigenvalue weighted by atomic mass is 32.1. The van der Waals surface area contributed by atoms with Gasteiger partial charge in [0.15, 0.2) is 5.13 Å². The zero-order valence-electron chi connectivity index (χ0n) is 13.6. The molecular weight excluding hydrogens is 294 g/mol. The van der Waals surface area contributed by atoms with E-state index in [1.54, 1.807) is 0 Å². The van der Waals surface area contributed by atoms with Crippen molar-refractivity contribution in [2.75, 3.05) is 11.9 Å². The van der Waals surface area contributed by atoms with Gasteiger partial charge in [-0.15, -0.1) is 0 Å². The van der Waals surface area contributed by atoms with Gasteiger partial charge in [-0.3, -0.25) is 4.79 Å². The van der Waals surface area contributed by atoms with Crippen molar-refractivity contribution in [2.45, 2.75) is 39.7 Å². The van der Waals surface area contributed by atoms with Crippen LogP contribution in [-0.2, 0) is 0 Å². The molecule has 4 nitrogen and oxygen atoms in total. The molecule has 2 aromatic rings. The molecule has 0 aliphatic heterocycles. The molecule has 0 fully saturated rings. The van der Waals surface area contributed by atoms with Crippen molar-refractivity contribution in [1.82, 2.24) is 10.3 Å². The van der Waals surface area contributed by atoms with Gasteiger partial charge in [0.2, 0.25) is 0 Å². The number of carbonyl (C=O) groups is 1. The van der Waals surface area contributed by atoms with E-state index < -0.39 is 0 Å². The van der Waals surface area contributed by atoms with Crippen molar-refractivity contribution >= 4 is 28.1 Å². The molecule has 0 saturated heterocycles. The predicted octanol–water partition coefficient (Wildman–Crippen LogP) is 4.14. The zero-order valence-corrected chi connectivity index (χ0v) is 14.4. The van der Waals surface area contributed by atoms with Crippen LogP contribution in [0, 0.1) is 6.92 Å². The number of anilines is 2. The highest BCUT2D eigenvalue weighted by Crippen LogP contribution is 2.30. The van der Waals surface area contributed by atoms with Gasteiger partial charge < -0.3 is 10.2 Å². The molecule has 22 heavy (non-hydrogen) atoms. The van der Waals surface area contributed by atoms with Crippen molar-refractivity contribution in [1.29, 1.82) is 0 Å². The van der Waals surface area contributed by atoms with Crippen LogP contribution in [0.3, 0.4) is 0 Å². The Morgan fingerprint density at radius 3 is 2.68 bits per heavy atom. The average Bonchev–Trinajstić information content (AvgIpc) is 2.89. The Kier molecular flexibility index (Phi) is 5.55. The fourth-order valence-electron chi connectivity index (χ4n) is 2.29. The number of nitrogens with zero attached hydrogens (tertiary/aromatic N) is 2. The number of hydrogen-bond donors (Lipinski definition) is 1. The number of aromatic nitrogens is 1. The summed E-state index contributed by atoms with van der Waals surface area (Å²) in [6.07, 6.45) is 2.05. The molecule has 2 rings (SSSR count). The quantitative estimate of drug-likeness (QED) is 0.871. The number of nitrogens with one attached hydrogen (secondary N) is 1. The molecule has 0 aliphatic carbocycles. The van der Waals surface area contributed by atoms with Gasteiger partial charge in [0, 0.05) is 18.8 Å². The molecule has 1 aromatic heterocycles. The molecule has 1 N–H and O–H groups in total. The summed E-state index contributed by atoms with van der Waals surface area (Å²) in [5.41, 5.74) is 1.84. The molecule has 5 heteroatoms. The number of aryl methyl sites for hydroxylation is 1. The third-order valence-corrected chi connectivity index (χ3v) is 4.75. The highest BCUT2D eigenvalue weighted by Gasteiger charge is 2.19. The second kappa shape index (κ2) is 7.40. The molecule has 1 amide bonds. The lowest BCUT2D eigenvalue weighted by Gasteiger charge is -2.15. The minimum absolute atomic E-state index is 0.0244. The maximum absolute atomic E-state index is 12.4. The Morgan fingerprint density at radius 1 is 1.36 bits per heavy atom. The van der Waals surface area contributed by atoms with Crippen LogP contribution < -0.4 is 10.2 Å². The lowest BCUT2D eigenvalue weighted by molar-refractivity contribution is 0.0941. The summed E-state index contributed by atoms with van der Waals surface area (Å²) in [5.74, 6) is -0.0244. The van der Waals surface area contributed by atoms with Crippen molar-refractivity contribution in [3.05, 3.63) is 40.9 Å². The Labute approximate surface area is 136 Å². The lowest BCUT2D eigenvalue weighted by Crippen LogP contribution is -2.32. The molecule has 0 saturated carbocycles. The smallest absolute Gasteiger partial charge is 0.263 e. The molecule has 0 aliphatic rings. The van der Waals surface area contributed by atoms with Gasteiger partial charge in [0.05, 0.1) is 5.69 Å². The van der Waals surface area contributed by atoms with E-state index in [9.17, 15) is 4.79 Å². The summed E-state index contributed by atoms with van der Waals surface area (Å²) >= 11 is 1.43. The minimum atomic E-state index is -0.0244. The van der Waals surface area contributed by atoms with Crippen molar-refractivity contribution < 1.29 is 4.79 Å². The van der Waals surface area contributed by atoms with Gasteiger partial charge in [0.1, 0.15) is 4.88 Å². The van der Waals surface area contributed by atoms with E-state index in [2.05, 4.69) is 17.2 Å². The Balaban J connectivity index is 2.16. The second-order valence-electron chi connectivity index (χ2n) is 5.47. The number of para-hydroxylation sites is 1. The largest absolute Gasteiger partial charge is 0.349 e. The van der Waals surface area contributed by atoms with Crippen molar-refractivity contribution in [3.8, 4) is 0 Å². The summed E-state index contributed by atoms with van der Waals surface area (Å²) in [4.78, 5) is 19.6. The molecule has 1 aromatic carbocycles. The Bertz CT molecular complexity index is 624. The third-order valence-electron chi connectivity index (χ3n) is 3.52. The topological polar surface area (TPSA) is 45.2 Å². The van der Waals surface area contributed by atoms with Crippen LogP contribution >= 0.6 is 11.3 Å². The van der Waals surface area contributed by atoms with Crippen molar-refractivity contribution in [3.63, 3.8) is 0 Å². The summed E-state index contributed by atoms with van der Waals surface area (Å²) in [6, 6.07) is 10.2. The third kappa shape index (κ3) is 3.85. The van der Waals surface area contributed by atoms with Crippen LogP contribution in [0.4, 0.5) is 10.8 Å². The summed E-state index contributed by atoms with van der Waals surface area (Å²) in [5, 5.41) is 3.87. The summed E-state index contributed by atoms with van der Waals surface area (Å²) in [6.45, 7) is 6.04. The first-order valence-electron chi connectivity index (χ1n) is 7.60. The minimum Gasteiger partial charge on any atom is -0.349 e. The van der Waals surface area contributed by atoms with Crippen LogP contribution in [0.15, 0.2) is 30.3 Å². The van der Waals surface area contributed by atoms with E-state index in [4.69, 9.17) is 0 Å². The fraction of sp³-hybridized carbons (Fsp3) is 0.412. The molecule has 0 unspecified atom stereocenters. The number of thiazole rings is 1. The zero-order chi connectivity index (χ0) is 16.1. The normalized spacial score (nSPS) is 12.0. The number of carbonyl (C=O) groups excluding carboxylic acids is 1. The van der Waals surface area contributed by atoms with Crippen LogP contribution in [0.1, 0.15) is 42.1 Å². The van der Waals surface area contributed by atoms with Gasteiger partial charge >= 0.3 is 0 Å². The van der Waals surface area contributed by atoms with E-state index in [-0.39, 0.29) is 11.9 Å². The Morgan fingerprint density at radius 2 is 2.05 bits per heavy atom. The van der Waals surface area contributed by atoms with E-state index in [1.165, 1.54) is 11.3 Å². The number of rotatable bonds is 6. The fourth-order valence-corrected chi connectivity index (χ4v) is 3.25. The molecular formula is C17H23N3OS. The number of benzene rings is 1. The second-order valence-corrected chi connectivity index (χ2v) is 6.45. The number of amides is 1. The maximum atomic E-state index is 12.4. The molecule has 0 radical (unpaired) electrons. The first-order valence-corrected chi connectivity index (χ1v) is 8.41. The Hall–Kier alpha value is -1.88. The van der Waals surface area contributed by atoms with Crippen LogP contribution in [0.25, 0.3) is 0 Å². The monoisotopic (exact) mass is 317 g/mol. The summed E-state index contributed by atoms with van der Waals surface area (Å²) in [7, 11) is 1.97. The first kappa shape index (κ1) is 16.5. The summed E-state index contributed by atoms with van der Waals surface area (Å²) < 4.78 is 0. The van der Waals surface area contributed by atoms with E-state index in [0.29, 0.717) is 4.88 Å². The van der Waals surface area contributed by atoms with Crippen LogP contribution in [0.2, 0.25) is 0 Å². The van der Waals surface area contributed by atoms with E-state index in [1.807, 2.05) is 56.1 Å². The SMILES string of the molecule is CCC[C@H](C)NC(=O)c1sc(N(C)c2ccccc2)nc1C. The molecule has 0 spiro atoms. The number of hydrogen-bond acceptors (Lipinski definition) is 4. The van der Waals surface area contributed by atoms with Crippen LogP contribution in [-0.4, -0.2) is 24.0 Å². The van der Waals surface area contributed by atoms with Gasteiger partial charge in [-0.2, -0.15) is 0 Å². The van der Waals surface area contributed by atoms with Crippen LogP contribution in [0.5, 0.6) is 0 Å². The van der Waals surface area contributed by atoms with E-state index >= 15 is 0 Å². The van der Waals surface area contributed by atoms with E-state index in [0.717, 1.165) is 29.4 Å². The molecule has 1 heterocycles. The molecule has 0 bridgehead atoms. The molecule has 1 atom stereocenters. The average molecular weight is 317 g/mol. The van der Waals surface area contributed by atoms with Gasteiger partial charge in [-0.05, 0) is 32.4 Å². The first-order chi connectivity index (χ1) is 10.5. The van der Waals surface area contributed by atoms with Gasteiger partial charge in [-0.25, -0.2) is 4.98 Å². The van der Waals surface area contributed by atoms with Crippen molar-refractivity contribution in [2.24, 2.45) is 0 Å².